The summed E-state index contributed by atoms with van der Waals surface area (Å²) in [6.07, 6.45) is 3.27. The van der Waals surface area contributed by atoms with Gasteiger partial charge in [0.2, 0.25) is 0 Å². The highest BCUT2D eigenvalue weighted by Gasteiger charge is 2.23. The van der Waals surface area contributed by atoms with Gasteiger partial charge in [0.25, 0.3) is 0 Å². The number of nitrogens with zero attached hydrogens (tertiary/aromatic N) is 3. The predicted molar refractivity (Wildman–Crippen MR) is 98.8 cm³/mol. The summed E-state index contributed by atoms with van der Waals surface area (Å²) in [6.45, 7) is 3.68. The first kappa shape index (κ1) is 18.2. The lowest BCUT2D eigenvalue weighted by molar-refractivity contribution is 0.0938. The Morgan fingerprint density at radius 3 is 3.04 bits per heavy atom. The third-order valence-electron chi connectivity index (χ3n) is 4.43. The van der Waals surface area contributed by atoms with Crippen molar-refractivity contribution in [2.75, 3.05) is 13.7 Å². The maximum absolute atomic E-state index is 6.24. The van der Waals surface area contributed by atoms with Gasteiger partial charge in [0, 0.05) is 12.4 Å². The smallest absolute Gasteiger partial charge is 0.191 e. The highest BCUT2D eigenvalue weighted by atomic mass is 32.2. The first-order valence-electron chi connectivity index (χ1n) is 8.77. The summed E-state index contributed by atoms with van der Waals surface area (Å²) in [6, 6.07) is 8.00. The molecule has 0 aliphatic carbocycles. The molecule has 2 N–H and O–H groups in total. The van der Waals surface area contributed by atoms with E-state index in [-0.39, 0.29) is 12.1 Å². The summed E-state index contributed by atoms with van der Waals surface area (Å²) < 4.78 is 13.2. The number of benzene rings is 1. The summed E-state index contributed by atoms with van der Waals surface area (Å²) in [7, 11) is 1.68. The summed E-state index contributed by atoms with van der Waals surface area (Å²) >= 11 is 1.67. The average Bonchev–Trinajstić information content (AvgIpc) is 3.30. The van der Waals surface area contributed by atoms with Gasteiger partial charge >= 0.3 is 0 Å². The molecule has 25 heavy (non-hydrogen) atoms. The number of nitrogens with two attached hydrogens (primary N) is 1. The van der Waals surface area contributed by atoms with Crippen LogP contribution in [0.25, 0.3) is 0 Å². The van der Waals surface area contributed by atoms with Gasteiger partial charge in [-0.3, -0.25) is 0 Å². The maximum Gasteiger partial charge on any atom is 0.191 e. The normalized spacial score (nSPS) is 18.4. The molecule has 0 bridgehead atoms. The molecule has 0 saturated carbocycles. The topological polar surface area (TPSA) is 75.2 Å². The molecule has 1 fully saturated rings. The first-order chi connectivity index (χ1) is 12.2. The van der Waals surface area contributed by atoms with Gasteiger partial charge in [-0.1, -0.05) is 30.8 Å². The molecule has 0 spiro atoms. The number of thioether (sulfide) groups is 1. The highest BCUT2D eigenvalue weighted by Crippen LogP contribution is 2.27. The Morgan fingerprint density at radius 2 is 2.32 bits per heavy atom. The van der Waals surface area contributed by atoms with Gasteiger partial charge in [0.1, 0.15) is 5.75 Å². The zero-order valence-corrected chi connectivity index (χ0v) is 15.7. The minimum Gasteiger partial charge on any atom is -0.497 e. The lowest BCUT2D eigenvalue weighted by Crippen LogP contribution is -2.22. The summed E-state index contributed by atoms with van der Waals surface area (Å²) in [5.41, 5.74) is 7.43. The summed E-state index contributed by atoms with van der Waals surface area (Å²) in [5, 5.41) is 9.66. The van der Waals surface area contributed by atoms with E-state index in [1.54, 1.807) is 18.9 Å². The van der Waals surface area contributed by atoms with Crippen molar-refractivity contribution in [3.63, 3.8) is 0 Å². The Bertz CT molecular complexity index is 685. The van der Waals surface area contributed by atoms with Crippen molar-refractivity contribution in [1.29, 1.82) is 0 Å². The average molecular weight is 362 g/mol. The largest absolute Gasteiger partial charge is 0.497 e. The van der Waals surface area contributed by atoms with Crippen LogP contribution in [0, 0.1) is 0 Å². The SMILES string of the molecule is CCC(N)c1nnc(SCc2cccc(OC)c2)n1CC1CCCO1. The zero-order valence-electron chi connectivity index (χ0n) is 14.9. The monoisotopic (exact) mass is 362 g/mol. The van der Waals surface area contributed by atoms with Crippen LogP contribution in [0.3, 0.4) is 0 Å². The molecule has 7 heteroatoms. The number of methoxy groups -OCH3 is 1. The fourth-order valence-electron chi connectivity index (χ4n) is 2.94. The molecule has 1 aliphatic rings. The molecule has 0 radical (unpaired) electrons. The molecule has 1 aromatic heterocycles. The van der Waals surface area contributed by atoms with E-state index < -0.39 is 0 Å². The van der Waals surface area contributed by atoms with E-state index >= 15 is 0 Å². The molecule has 0 amide bonds. The zero-order chi connectivity index (χ0) is 17.6. The van der Waals surface area contributed by atoms with Gasteiger partial charge in [-0.25, -0.2) is 0 Å². The van der Waals surface area contributed by atoms with Gasteiger partial charge in [-0.15, -0.1) is 10.2 Å². The molecular weight excluding hydrogens is 336 g/mol. The molecule has 2 heterocycles. The van der Waals surface area contributed by atoms with Crippen LogP contribution in [0.5, 0.6) is 5.75 Å². The molecular formula is C18H26N4O2S. The second-order valence-corrected chi connectivity index (χ2v) is 7.18. The first-order valence-corrected chi connectivity index (χ1v) is 9.75. The molecule has 6 nitrogen and oxygen atoms in total. The van der Waals surface area contributed by atoms with Crippen LogP contribution in [0.4, 0.5) is 0 Å². The van der Waals surface area contributed by atoms with Gasteiger partial charge in [-0.2, -0.15) is 0 Å². The number of hydrogen-bond donors (Lipinski definition) is 1. The third kappa shape index (κ3) is 4.54. The predicted octanol–water partition coefficient (Wildman–Crippen LogP) is 3.17. The number of ether oxygens (including phenoxy) is 2. The van der Waals surface area contributed by atoms with Crippen LogP contribution >= 0.6 is 11.8 Å². The van der Waals surface area contributed by atoms with Crippen LogP contribution in [0.1, 0.15) is 43.6 Å². The van der Waals surface area contributed by atoms with Crippen molar-refractivity contribution in [2.24, 2.45) is 5.73 Å². The van der Waals surface area contributed by atoms with Crippen LogP contribution in [0.15, 0.2) is 29.4 Å². The summed E-state index contributed by atoms with van der Waals surface area (Å²) in [5.74, 6) is 2.53. The van der Waals surface area contributed by atoms with E-state index in [2.05, 4.69) is 27.8 Å². The van der Waals surface area contributed by atoms with E-state index in [9.17, 15) is 0 Å². The van der Waals surface area contributed by atoms with Crippen LogP contribution in [0.2, 0.25) is 0 Å². The van der Waals surface area contributed by atoms with Gasteiger partial charge < -0.3 is 19.8 Å². The fourth-order valence-corrected chi connectivity index (χ4v) is 3.84. The van der Waals surface area contributed by atoms with Crippen molar-refractivity contribution in [3.8, 4) is 5.75 Å². The molecule has 3 rings (SSSR count). The third-order valence-corrected chi connectivity index (χ3v) is 5.47. The Hall–Kier alpha value is -1.57. The molecule has 1 aliphatic heterocycles. The fraction of sp³-hybridized carbons (Fsp3) is 0.556. The van der Waals surface area contributed by atoms with Crippen molar-refractivity contribution in [3.05, 3.63) is 35.7 Å². The maximum atomic E-state index is 6.24. The van der Waals surface area contributed by atoms with Gasteiger partial charge in [-0.05, 0) is 37.0 Å². The van der Waals surface area contributed by atoms with E-state index in [1.165, 1.54) is 5.56 Å². The Balaban J connectivity index is 1.75. The molecule has 1 saturated heterocycles. The van der Waals surface area contributed by atoms with Crippen molar-refractivity contribution in [2.45, 2.75) is 55.8 Å². The molecule has 2 unspecified atom stereocenters. The minimum atomic E-state index is -0.0972. The number of aromatic nitrogens is 3. The van der Waals surface area contributed by atoms with Crippen molar-refractivity contribution < 1.29 is 9.47 Å². The standard InChI is InChI=1S/C18H26N4O2S/c1-3-16(19)17-20-21-18(22(17)11-15-8-5-9-24-15)25-12-13-6-4-7-14(10-13)23-2/h4,6-7,10,15-16H,3,5,8-9,11-12,19H2,1-2H3. The van der Waals surface area contributed by atoms with Crippen molar-refractivity contribution in [1.82, 2.24) is 14.8 Å². The van der Waals surface area contributed by atoms with Gasteiger partial charge in [0.15, 0.2) is 11.0 Å². The Labute approximate surface area is 153 Å². The van der Waals surface area contributed by atoms with E-state index in [0.29, 0.717) is 0 Å². The second-order valence-electron chi connectivity index (χ2n) is 6.24. The van der Waals surface area contributed by atoms with Crippen LogP contribution in [-0.4, -0.2) is 34.6 Å². The molecule has 1 aromatic carbocycles. The molecule has 136 valence electrons. The van der Waals surface area contributed by atoms with Crippen LogP contribution in [-0.2, 0) is 17.0 Å². The van der Waals surface area contributed by atoms with E-state index in [4.69, 9.17) is 15.2 Å². The Kier molecular flexibility index (Phi) is 6.34. The number of hydrogen-bond acceptors (Lipinski definition) is 6. The van der Waals surface area contributed by atoms with E-state index in [1.807, 2.05) is 18.2 Å². The quantitative estimate of drug-likeness (QED) is 0.727. The lowest BCUT2D eigenvalue weighted by atomic mass is 10.2. The Morgan fingerprint density at radius 1 is 1.44 bits per heavy atom. The van der Waals surface area contributed by atoms with Gasteiger partial charge in [0.05, 0.1) is 25.8 Å². The second kappa shape index (κ2) is 8.69. The minimum absolute atomic E-state index is 0.0972. The summed E-state index contributed by atoms with van der Waals surface area (Å²) in [4.78, 5) is 0. The number of rotatable bonds is 8. The van der Waals surface area contributed by atoms with Crippen molar-refractivity contribution >= 4 is 11.8 Å². The van der Waals surface area contributed by atoms with E-state index in [0.717, 1.165) is 54.9 Å². The lowest BCUT2D eigenvalue weighted by Gasteiger charge is -2.17. The molecule has 2 aromatic rings. The van der Waals surface area contributed by atoms with Crippen LogP contribution < -0.4 is 10.5 Å². The molecule has 2 atom stereocenters. The highest BCUT2D eigenvalue weighted by molar-refractivity contribution is 7.98.